The topological polar surface area (TPSA) is 38.3 Å². The van der Waals surface area contributed by atoms with E-state index in [0.717, 1.165) is 16.9 Å². The molecule has 0 saturated carbocycles. The van der Waals surface area contributed by atoms with Gasteiger partial charge in [-0.3, -0.25) is 4.79 Å². The normalized spacial score (nSPS) is 16.4. The SMILES string of the molecule is Cc1ccc(F)c(NC(=O)C2Cc3ccccc3O2)c1. The number of nitrogens with one attached hydrogen (secondary N) is 1. The summed E-state index contributed by atoms with van der Waals surface area (Å²) in [5, 5.41) is 2.59. The van der Waals surface area contributed by atoms with Gasteiger partial charge in [0.2, 0.25) is 0 Å². The number of rotatable bonds is 2. The Morgan fingerprint density at radius 1 is 1.30 bits per heavy atom. The van der Waals surface area contributed by atoms with Gasteiger partial charge in [-0.25, -0.2) is 4.39 Å². The molecule has 0 spiro atoms. The first-order chi connectivity index (χ1) is 9.63. The zero-order valence-electron chi connectivity index (χ0n) is 11.0. The van der Waals surface area contributed by atoms with E-state index in [-0.39, 0.29) is 11.6 Å². The van der Waals surface area contributed by atoms with Gasteiger partial charge >= 0.3 is 0 Å². The van der Waals surface area contributed by atoms with E-state index in [1.807, 2.05) is 31.2 Å². The lowest BCUT2D eigenvalue weighted by molar-refractivity contribution is -0.122. The fourth-order valence-corrected chi connectivity index (χ4v) is 2.28. The van der Waals surface area contributed by atoms with Crippen molar-refractivity contribution in [1.29, 1.82) is 0 Å². The Morgan fingerprint density at radius 3 is 2.90 bits per heavy atom. The highest BCUT2D eigenvalue weighted by Crippen LogP contribution is 2.29. The third-order valence-corrected chi connectivity index (χ3v) is 3.32. The van der Waals surface area contributed by atoms with E-state index in [1.54, 1.807) is 12.1 Å². The van der Waals surface area contributed by atoms with Gasteiger partial charge in [-0.05, 0) is 36.2 Å². The van der Waals surface area contributed by atoms with Crippen LogP contribution in [0.2, 0.25) is 0 Å². The predicted octanol–water partition coefficient (Wildman–Crippen LogP) is 3.08. The maximum atomic E-state index is 13.6. The van der Waals surface area contributed by atoms with E-state index in [9.17, 15) is 9.18 Å². The van der Waals surface area contributed by atoms with Gasteiger partial charge in [-0.15, -0.1) is 0 Å². The van der Waals surface area contributed by atoms with Gasteiger partial charge in [-0.1, -0.05) is 24.3 Å². The highest BCUT2D eigenvalue weighted by atomic mass is 19.1. The molecule has 1 atom stereocenters. The molecule has 1 heterocycles. The lowest BCUT2D eigenvalue weighted by Crippen LogP contribution is -2.31. The van der Waals surface area contributed by atoms with E-state index in [4.69, 9.17) is 4.74 Å². The maximum Gasteiger partial charge on any atom is 0.265 e. The van der Waals surface area contributed by atoms with E-state index in [2.05, 4.69) is 5.32 Å². The molecule has 1 aliphatic heterocycles. The molecule has 3 rings (SSSR count). The fraction of sp³-hybridized carbons (Fsp3) is 0.188. The molecule has 0 bridgehead atoms. The summed E-state index contributed by atoms with van der Waals surface area (Å²) < 4.78 is 19.2. The summed E-state index contributed by atoms with van der Waals surface area (Å²) in [7, 11) is 0. The third-order valence-electron chi connectivity index (χ3n) is 3.32. The number of para-hydroxylation sites is 1. The Morgan fingerprint density at radius 2 is 2.10 bits per heavy atom. The van der Waals surface area contributed by atoms with Crippen LogP contribution in [-0.2, 0) is 11.2 Å². The molecule has 1 unspecified atom stereocenters. The zero-order chi connectivity index (χ0) is 14.1. The molecule has 0 aliphatic carbocycles. The molecule has 3 nitrogen and oxygen atoms in total. The van der Waals surface area contributed by atoms with Crippen LogP contribution in [-0.4, -0.2) is 12.0 Å². The minimum absolute atomic E-state index is 0.189. The highest BCUT2D eigenvalue weighted by Gasteiger charge is 2.29. The molecule has 0 radical (unpaired) electrons. The van der Waals surface area contributed by atoms with Crippen molar-refractivity contribution in [2.24, 2.45) is 0 Å². The number of hydrogen-bond donors (Lipinski definition) is 1. The van der Waals surface area contributed by atoms with E-state index in [0.29, 0.717) is 6.42 Å². The molecule has 1 aliphatic rings. The van der Waals surface area contributed by atoms with Crippen LogP contribution in [0.4, 0.5) is 10.1 Å². The summed E-state index contributed by atoms with van der Waals surface area (Å²) in [6, 6.07) is 12.1. The van der Waals surface area contributed by atoms with E-state index < -0.39 is 11.9 Å². The Hall–Kier alpha value is -2.36. The number of hydrogen-bond acceptors (Lipinski definition) is 2. The van der Waals surface area contributed by atoms with Gasteiger partial charge in [0.05, 0.1) is 5.69 Å². The number of fused-ring (bicyclic) bond motifs is 1. The van der Waals surface area contributed by atoms with Gasteiger partial charge in [-0.2, -0.15) is 0 Å². The first-order valence-electron chi connectivity index (χ1n) is 6.45. The Labute approximate surface area is 116 Å². The van der Waals surface area contributed by atoms with Crippen LogP contribution in [0, 0.1) is 12.7 Å². The Kier molecular flexibility index (Phi) is 3.14. The van der Waals surface area contributed by atoms with E-state index >= 15 is 0 Å². The average molecular weight is 271 g/mol. The predicted molar refractivity (Wildman–Crippen MR) is 74.3 cm³/mol. The number of ether oxygens (including phenoxy) is 1. The quantitative estimate of drug-likeness (QED) is 0.911. The van der Waals surface area contributed by atoms with Crippen LogP contribution in [0.25, 0.3) is 0 Å². The van der Waals surface area contributed by atoms with Crippen molar-refractivity contribution < 1.29 is 13.9 Å². The van der Waals surface area contributed by atoms with Gasteiger partial charge in [0.1, 0.15) is 11.6 Å². The molecular weight excluding hydrogens is 257 g/mol. The molecule has 20 heavy (non-hydrogen) atoms. The van der Waals surface area contributed by atoms with Gasteiger partial charge < -0.3 is 10.1 Å². The van der Waals surface area contributed by atoms with Crippen molar-refractivity contribution in [2.75, 3.05) is 5.32 Å². The largest absolute Gasteiger partial charge is 0.480 e. The second-order valence-electron chi connectivity index (χ2n) is 4.89. The molecule has 0 fully saturated rings. The van der Waals surface area contributed by atoms with Gasteiger partial charge in [0.25, 0.3) is 5.91 Å². The van der Waals surface area contributed by atoms with Crippen molar-refractivity contribution in [3.05, 3.63) is 59.4 Å². The number of benzene rings is 2. The molecule has 1 N–H and O–H groups in total. The lowest BCUT2D eigenvalue weighted by Gasteiger charge is -2.12. The summed E-state index contributed by atoms with van der Waals surface area (Å²) in [6.07, 6.45) is -0.0950. The summed E-state index contributed by atoms with van der Waals surface area (Å²) in [5.74, 6) is -0.0532. The van der Waals surface area contributed by atoms with Crippen LogP contribution in [0.1, 0.15) is 11.1 Å². The summed E-state index contributed by atoms with van der Waals surface area (Å²) >= 11 is 0. The minimum atomic E-state index is -0.604. The number of halogens is 1. The maximum absolute atomic E-state index is 13.6. The Bertz CT molecular complexity index is 644. The lowest BCUT2D eigenvalue weighted by atomic mass is 10.1. The number of carbonyl (C=O) groups excluding carboxylic acids is 1. The molecule has 4 heteroatoms. The second kappa shape index (κ2) is 4.96. The second-order valence-corrected chi connectivity index (χ2v) is 4.89. The number of anilines is 1. The number of carbonyl (C=O) groups is 1. The molecule has 0 saturated heterocycles. The fourth-order valence-electron chi connectivity index (χ4n) is 2.28. The third kappa shape index (κ3) is 2.37. The van der Waals surface area contributed by atoms with Crippen molar-refractivity contribution in [1.82, 2.24) is 0 Å². The summed E-state index contributed by atoms with van der Waals surface area (Å²) in [5.41, 5.74) is 2.07. The van der Waals surface area contributed by atoms with Crippen LogP contribution in [0.15, 0.2) is 42.5 Å². The van der Waals surface area contributed by atoms with Crippen LogP contribution in [0.3, 0.4) is 0 Å². The highest BCUT2D eigenvalue weighted by molar-refractivity contribution is 5.95. The van der Waals surface area contributed by atoms with Crippen LogP contribution < -0.4 is 10.1 Å². The van der Waals surface area contributed by atoms with Gasteiger partial charge in [0, 0.05) is 6.42 Å². The zero-order valence-corrected chi connectivity index (χ0v) is 11.0. The molecule has 102 valence electrons. The molecule has 2 aromatic rings. The average Bonchev–Trinajstić information content (AvgIpc) is 2.87. The summed E-state index contributed by atoms with van der Waals surface area (Å²) in [4.78, 5) is 12.1. The van der Waals surface area contributed by atoms with Crippen LogP contribution in [0.5, 0.6) is 5.75 Å². The number of aryl methyl sites for hydroxylation is 1. The van der Waals surface area contributed by atoms with Gasteiger partial charge in [0.15, 0.2) is 6.10 Å². The molecule has 0 aromatic heterocycles. The van der Waals surface area contributed by atoms with Crippen molar-refractivity contribution in [3.8, 4) is 5.75 Å². The first-order valence-corrected chi connectivity index (χ1v) is 6.45. The molecule has 2 aromatic carbocycles. The standard InChI is InChI=1S/C16H14FNO2/c1-10-6-7-12(17)13(8-10)18-16(19)15-9-11-4-2-3-5-14(11)20-15/h2-8,15H,9H2,1H3,(H,18,19). The number of amides is 1. The summed E-state index contributed by atoms with van der Waals surface area (Å²) in [6.45, 7) is 1.84. The minimum Gasteiger partial charge on any atom is -0.480 e. The first kappa shape index (κ1) is 12.7. The monoisotopic (exact) mass is 271 g/mol. The van der Waals surface area contributed by atoms with Crippen molar-refractivity contribution in [3.63, 3.8) is 0 Å². The van der Waals surface area contributed by atoms with E-state index in [1.165, 1.54) is 6.07 Å². The van der Waals surface area contributed by atoms with Crippen molar-refractivity contribution in [2.45, 2.75) is 19.4 Å². The smallest absolute Gasteiger partial charge is 0.265 e. The molecular formula is C16H14FNO2. The Balaban J connectivity index is 1.74. The van der Waals surface area contributed by atoms with Crippen molar-refractivity contribution >= 4 is 11.6 Å². The molecule has 1 amide bonds. The van der Waals surface area contributed by atoms with Crippen LogP contribution >= 0.6 is 0 Å².